The number of amidine groups is 1. The van der Waals surface area contributed by atoms with E-state index >= 15 is 0 Å². The van der Waals surface area contributed by atoms with E-state index < -0.39 is 0 Å². The summed E-state index contributed by atoms with van der Waals surface area (Å²) in [5, 5.41) is 2.69. The van der Waals surface area contributed by atoms with Crippen LogP contribution in [0.15, 0.2) is 27.8 Å². The fraction of sp³-hybridized carbons (Fsp3) is 0.667. The van der Waals surface area contributed by atoms with Gasteiger partial charge in [-0.05, 0) is 58.0 Å². The third kappa shape index (κ3) is 7.64. The van der Waals surface area contributed by atoms with Gasteiger partial charge >= 0.3 is 0 Å². The van der Waals surface area contributed by atoms with Crippen LogP contribution in [-0.4, -0.2) is 49.1 Å². The van der Waals surface area contributed by atoms with E-state index in [-0.39, 0.29) is 23.7 Å². The van der Waals surface area contributed by atoms with E-state index in [1.807, 2.05) is 13.8 Å². The summed E-state index contributed by atoms with van der Waals surface area (Å²) in [4.78, 5) is 19.0. The van der Waals surface area contributed by atoms with Crippen LogP contribution in [-0.2, 0) is 4.74 Å². The van der Waals surface area contributed by atoms with E-state index in [4.69, 9.17) is 9.15 Å². The van der Waals surface area contributed by atoms with Crippen molar-refractivity contribution in [2.24, 2.45) is 4.99 Å². The van der Waals surface area contributed by atoms with Crippen molar-refractivity contribution in [3.05, 3.63) is 24.2 Å². The van der Waals surface area contributed by atoms with Crippen LogP contribution in [0.4, 0.5) is 0 Å². The molecule has 1 rings (SSSR count). The molecule has 136 valence electrons. The zero-order valence-corrected chi connectivity index (χ0v) is 15.4. The monoisotopic (exact) mass is 337 g/mol. The molecule has 0 saturated heterocycles. The lowest BCUT2D eigenvalue weighted by Crippen LogP contribution is -2.33. The second kappa shape index (κ2) is 11.7. The van der Waals surface area contributed by atoms with E-state index in [1.165, 1.54) is 6.26 Å². The molecule has 0 fully saturated rings. The number of nitrogens with zero attached hydrogens (tertiary/aromatic N) is 2. The lowest BCUT2D eigenvalue weighted by molar-refractivity contribution is 0.0938. The van der Waals surface area contributed by atoms with Gasteiger partial charge in [0.1, 0.15) is 0 Å². The lowest BCUT2D eigenvalue weighted by Gasteiger charge is -2.18. The van der Waals surface area contributed by atoms with Gasteiger partial charge in [0.05, 0.1) is 18.9 Å². The number of nitrogens with one attached hydrogen (secondary N) is 1. The van der Waals surface area contributed by atoms with Gasteiger partial charge in [0, 0.05) is 0 Å². The maximum atomic E-state index is 12.1. The van der Waals surface area contributed by atoms with Crippen molar-refractivity contribution in [2.75, 3.05) is 26.2 Å². The third-order valence-corrected chi connectivity index (χ3v) is 3.74. The maximum Gasteiger partial charge on any atom is 0.294 e. The van der Waals surface area contributed by atoms with Crippen molar-refractivity contribution in [3.63, 3.8) is 0 Å². The lowest BCUT2D eigenvalue weighted by atomic mass is 10.2. The van der Waals surface area contributed by atoms with Gasteiger partial charge in [-0.1, -0.05) is 20.8 Å². The summed E-state index contributed by atoms with van der Waals surface area (Å²) in [5.74, 6) is -0.0952. The molecular formula is C18H31N3O3. The molecule has 0 aromatic carbocycles. The predicted molar refractivity (Wildman–Crippen MR) is 96.3 cm³/mol. The Labute approximate surface area is 145 Å². The fourth-order valence-corrected chi connectivity index (χ4v) is 2.29. The van der Waals surface area contributed by atoms with Gasteiger partial charge in [0.2, 0.25) is 0 Å². The SMILES string of the molecule is CCCOC(=N[C@H](C)CCCN(CC)CC)NC(=O)c1ccco1. The summed E-state index contributed by atoms with van der Waals surface area (Å²) in [5.41, 5.74) is 0. The van der Waals surface area contributed by atoms with Crippen molar-refractivity contribution < 1.29 is 13.9 Å². The topological polar surface area (TPSA) is 67.1 Å². The zero-order chi connectivity index (χ0) is 17.8. The molecule has 1 atom stereocenters. The molecule has 1 aromatic rings. The molecule has 0 aliphatic carbocycles. The Morgan fingerprint density at radius 1 is 1.38 bits per heavy atom. The number of furan rings is 1. The summed E-state index contributed by atoms with van der Waals surface area (Å²) in [7, 11) is 0. The fourth-order valence-electron chi connectivity index (χ4n) is 2.29. The Morgan fingerprint density at radius 2 is 2.12 bits per heavy atom. The molecule has 0 aliphatic rings. The molecule has 0 saturated carbocycles. The van der Waals surface area contributed by atoms with Crippen LogP contribution in [0.5, 0.6) is 0 Å². The summed E-state index contributed by atoms with van der Waals surface area (Å²) >= 11 is 0. The average Bonchev–Trinajstić information content (AvgIpc) is 3.11. The Bertz CT molecular complexity index is 482. The number of rotatable bonds is 10. The zero-order valence-electron chi connectivity index (χ0n) is 15.4. The molecule has 0 aliphatic heterocycles. The largest absolute Gasteiger partial charge is 0.465 e. The first-order chi connectivity index (χ1) is 11.6. The molecule has 1 amide bonds. The Hall–Kier alpha value is -1.82. The highest BCUT2D eigenvalue weighted by atomic mass is 16.5. The van der Waals surface area contributed by atoms with Crippen LogP contribution in [0.1, 0.15) is 57.5 Å². The van der Waals surface area contributed by atoms with Crippen LogP contribution in [0.3, 0.4) is 0 Å². The summed E-state index contributed by atoms with van der Waals surface area (Å²) < 4.78 is 10.7. The minimum Gasteiger partial charge on any atom is -0.465 e. The maximum absolute atomic E-state index is 12.1. The molecule has 24 heavy (non-hydrogen) atoms. The second-order valence-electron chi connectivity index (χ2n) is 5.73. The Balaban J connectivity index is 2.55. The standard InChI is InChI=1S/C18H31N3O3/c1-5-13-24-18(20-17(22)16-11-9-14-23-16)19-15(4)10-8-12-21(6-2)7-3/h9,11,14-15H,5-8,10,12-13H2,1-4H3,(H,19,20,22)/t15-/m1/s1. The Kier molecular flexibility index (Phi) is 9.84. The van der Waals surface area contributed by atoms with Gasteiger partial charge in [0.25, 0.3) is 11.9 Å². The number of carbonyl (C=O) groups is 1. The van der Waals surface area contributed by atoms with Gasteiger partial charge in [-0.3, -0.25) is 10.1 Å². The molecule has 0 unspecified atom stereocenters. The van der Waals surface area contributed by atoms with E-state index in [1.54, 1.807) is 12.1 Å². The van der Waals surface area contributed by atoms with Crippen LogP contribution in [0.25, 0.3) is 0 Å². The van der Waals surface area contributed by atoms with Crippen LogP contribution in [0, 0.1) is 0 Å². The number of aliphatic imine (C=N–C) groups is 1. The molecule has 0 bridgehead atoms. The van der Waals surface area contributed by atoms with Crippen molar-refractivity contribution in [1.82, 2.24) is 10.2 Å². The van der Waals surface area contributed by atoms with E-state index in [9.17, 15) is 4.79 Å². The van der Waals surface area contributed by atoms with Crippen molar-refractivity contribution >= 4 is 11.9 Å². The van der Waals surface area contributed by atoms with Crippen LogP contribution >= 0.6 is 0 Å². The molecule has 1 heterocycles. The third-order valence-electron chi connectivity index (χ3n) is 3.74. The quantitative estimate of drug-likeness (QED) is 0.525. The van der Waals surface area contributed by atoms with Crippen molar-refractivity contribution in [1.29, 1.82) is 0 Å². The number of amides is 1. The normalized spacial score (nSPS) is 13.1. The first kappa shape index (κ1) is 20.2. The molecule has 0 spiro atoms. The highest BCUT2D eigenvalue weighted by molar-refractivity contribution is 6.02. The minimum absolute atomic E-state index is 0.0873. The van der Waals surface area contributed by atoms with Gasteiger partial charge in [-0.2, -0.15) is 0 Å². The van der Waals surface area contributed by atoms with Gasteiger partial charge < -0.3 is 14.1 Å². The van der Waals surface area contributed by atoms with Gasteiger partial charge in [-0.15, -0.1) is 0 Å². The smallest absolute Gasteiger partial charge is 0.294 e. The number of hydrogen-bond donors (Lipinski definition) is 1. The van der Waals surface area contributed by atoms with E-state index in [2.05, 4.69) is 29.1 Å². The second-order valence-corrected chi connectivity index (χ2v) is 5.73. The van der Waals surface area contributed by atoms with E-state index in [0.717, 1.165) is 38.9 Å². The molecular weight excluding hydrogens is 306 g/mol. The van der Waals surface area contributed by atoms with Crippen molar-refractivity contribution in [3.8, 4) is 0 Å². The van der Waals surface area contributed by atoms with E-state index in [0.29, 0.717) is 6.61 Å². The highest BCUT2D eigenvalue weighted by Crippen LogP contribution is 2.05. The highest BCUT2D eigenvalue weighted by Gasteiger charge is 2.13. The molecule has 6 heteroatoms. The number of ether oxygens (including phenoxy) is 1. The molecule has 1 aromatic heterocycles. The first-order valence-electron chi connectivity index (χ1n) is 8.88. The van der Waals surface area contributed by atoms with Crippen molar-refractivity contribution in [2.45, 2.75) is 53.0 Å². The van der Waals surface area contributed by atoms with Crippen LogP contribution < -0.4 is 5.32 Å². The Morgan fingerprint density at radius 3 is 2.71 bits per heavy atom. The summed E-state index contributed by atoms with van der Waals surface area (Å²) in [6, 6.07) is 3.65. The molecule has 1 N–H and O–H groups in total. The summed E-state index contributed by atoms with van der Waals surface area (Å²) in [6.45, 7) is 12.1. The molecule has 6 nitrogen and oxygen atoms in total. The molecule has 0 radical (unpaired) electrons. The first-order valence-corrected chi connectivity index (χ1v) is 8.88. The minimum atomic E-state index is -0.342. The van der Waals surface area contributed by atoms with Gasteiger partial charge in [0.15, 0.2) is 5.76 Å². The number of carbonyl (C=O) groups excluding carboxylic acids is 1. The average molecular weight is 337 g/mol. The predicted octanol–water partition coefficient (Wildman–Crippen LogP) is 3.30. The van der Waals surface area contributed by atoms with Crippen LogP contribution in [0.2, 0.25) is 0 Å². The summed E-state index contributed by atoms with van der Waals surface area (Å²) in [6.07, 6.45) is 4.34. The number of hydrogen-bond acceptors (Lipinski definition) is 5. The van der Waals surface area contributed by atoms with Gasteiger partial charge in [-0.25, -0.2) is 4.99 Å².